The highest BCUT2D eigenvalue weighted by atomic mass is 32.2. The lowest BCUT2D eigenvalue weighted by Crippen LogP contribution is -2.18. The first kappa shape index (κ1) is 19.0. The Labute approximate surface area is 163 Å². The van der Waals surface area contributed by atoms with Gasteiger partial charge >= 0.3 is 0 Å². The molecule has 1 aromatic heterocycles. The number of hydrogen-bond donors (Lipinski definition) is 2. The molecule has 2 aromatic carbocycles. The maximum atomic E-state index is 12.4. The summed E-state index contributed by atoms with van der Waals surface area (Å²) in [6.07, 6.45) is 0.596. The molecule has 0 bridgehead atoms. The van der Waals surface area contributed by atoms with E-state index >= 15 is 0 Å². The molecule has 0 aliphatic heterocycles. The second-order valence-electron chi connectivity index (χ2n) is 6.54. The van der Waals surface area contributed by atoms with Crippen molar-refractivity contribution in [2.45, 2.75) is 32.3 Å². The third kappa shape index (κ3) is 4.68. The van der Waals surface area contributed by atoms with Gasteiger partial charge in [-0.1, -0.05) is 59.8 Å². The predicted molar refractivity (Wildman–Crippen MR) is 109 cm³/mol. The van der Waals surface area contributed by atoms with Gasteiger partial charge in [0.15, 0.2) is 5.82 Å². The number of benzene rings is 2. The maximum Gasteiger partial charge on any atom is 0.234 e. The normalized spacial score (nSPS) is 10.8. The molecule has 0 saturated carbocycles. The van der Waals surface area contributed by atoms with Crippen molar-refractivity contribution < 1.29 is 4.79 Å². The average molecular weight is 382 g/mol. The highest BCUT2D eigenvalue weighted by Gasteiger charge is 2.14. The van der Waals surface area contributed by atoms with E-state index in [0.29, 0.717) is 17.4 Å². The van der Waals surface area contributed by atoms with Crippen LogP contribution in [0.4, 0.5) is 5.69 Å². The Morgan fingerprint density at radius 2 is 1.78 bits per heavy atom. The number of aromatic nitrogens is 3. The Bertz CT molecular complexity index is 929. The summed E-state index contributed by atoms with van der Waals surface area (Å²) in [5.41, 5.74) is 5.26. The number of nitrogens with zero attached hydrogens (tertiary/aromatic N) is 3. The standard InChI is InChI=1S/C20H23N5OS/c1-13-9-14(2)19(15(3)10-13)22-18(26)12-27-20-24-23-17(25(20)21)11-16-7-5-4-6-8-16/h4-10H,11-12,21H2,1-3H3,(H,22,26). The lowest BCUT2D eigenvalue weighted by molar-refractivity contribution is -0.113. The molecular formula is C20H23N5OS. The van der Waals surface area contributed by atoms with Crippen molar-refractivity contribution in [1.29, 1.82) is 0 Å². The zero-order valence-electron chi connectivity index (χ0n) is 15.7. The summed E-state index contributed by atoms with van der Waals surface area (Å²) in [5, 5.41) is 11.8. The summed E-state index contributed by atoms with van der Waals surface area (Å²) in [4.78, 5) is 12.4. The quantitative estimate of drug-likeness (QED) is 0.506. The number of thioether (sulfide) groups is 1. The molecule has 3 aromatic rings. The number of nitrogens with one attached hydrogen (secondary N) is 1. The van der Waals surface area contributed by atoms with Gasteiger partial charge in [0.2, 0.25) is 11.1 Å². The monoisotopic (exact) mass is 381 g/mol. The number of amides is 1. The van der Waals surface area contributed by atoms with Gasteiger partial charge in [-0.05, 0) is 37.5 Å². The number of carbonyl (C=O) groups is 1. The number of nitrogens with two attached hydrogens (primary N) is 1. The van der Waals surface area contributed by atoms with Crippen LogP contribution >= 0.6 is 11.8 Å². The van der Waals surface area contributed by atoms with Crippen molar-refractivity contribution in [2.24, 2.45) is 0 Å². The van der Waals surface area contributed by atoms with E-state index in [1.165, 1.54) is 22.0 Å². The second kappa shape index (κ2) is 8.26. The van der Waals surface area contributed by atoms with Crippen LogP contribution < -0.4 is 11.2 Å². The van der Waals surface area contributed by atoms with Gasteiger partial charge in [-0.3, -0.25) is 4.79 Å². The highest BCUT2D eigenvalue weighted by Crippen LogP contribution is 2.23. The fourth-order valence-corrected chi connectivity index (χ4v) is 3.66. The smallest absolute Gasteiger partial charge is 0.234 e. The Balaban J connectivity index is 1.61. The summed E-state index contributed by atoms with van der Waals surface area (Å²) in [5.74, 6) is 6.88. The molecule has 0 atom stereocenters. The number of anilines is 1. The molecule has 0 spiro atoms. The number of carbonyl (C=O) groups excluding carboxylic acids is 1. The lowest BCUT2D eigenvalue weighted by atomic mass is 10.1. The zero-order chi connectivity index (χ0) is 19.4. The van der Waals surface area contributed by atoms with E-state index in [1.807, 2.05) is 51.1 Å². The van der Waals surface area contributed by atoms with Crippen molar-refractivity contribution in [3.63, 3.8) is 0 Å². The SMILES string of the molecule is Cc1cc(C)c(NC(=O)CSc2nnc(Cc3ccccc3)n2N)c(C)c1. The van der Waals surface area contributed by atoms with Crippen molar-refractivity contribution in [3.05, 3.63) is 70.5 Å². The molecule has 1 amide bonds. The third-order valence-corrected chi connectivity index (χ3v) is 5.16. The number of hydrogen-bond acceptors (Lipinski definition) is 5. The number of nitrogen functional groups attached to an aromatic ring is 1. The summed E-state index contributed by atoms with van der Waals surface area (Å²) >= 11 is 1.27. The van der Waals surface area contributed by atoms with E-state index in [-0.39, 0.29) is 11.7 Å². The maximum absolute atomic E-state index is 12.4. The predicted octanol–water partition coefficient (Wildman–Crippen LogP) is 3.24. The van der Waals surface area contributed by atoms with Crippen molar-refractivity contribution in [1.82, 2.24) is 14.9 Å². The first-order chi connectivity index (χ1) is 12.9. The topological polar surface area (TPSA) is 85.8 Å². The van der Waals surface area contributed by atoms with Gasteiger partial charge in [-0.25, -0.2) is 4.68 Å². The lowest BCUT2D eigenvalue weighted by Gasteiger charge is -2.12. The summed E-state index contributed by atoms with van der Waals surface area (Å²) in [6, 6.07) is 14.1. The average Bonchev–Trinajstić information content (AvgIpc) is 2.97. The fraction of sp³-hybridized carbons (Fsp3) is 0.250. The molecule has 0 aliphatic rings. The largest absolute Gasteiger partial charge is 0.336 e. The zero-order valence-corrected chi connectivity index (χ0v) is 16.5. The molecule has 7 heteroatoms. The van der Waals surface area contributed by atoms with E-state index < -0.39 is 0 Å². The molecule has 3 N–H and O–H groups in total. The number of rotatable bonds is 6. The van der Waals surface area contributed by atoms with Crippen molar-refractivity contribution in [3.8, 4) is 0 Å². The molecule has 6 nitrogen and oxygen atoms in total. The highest BCUT2D eigenvalue weighted by molar-refractivity contribution is 7.99. The van der Waals surface area contributed by atoms with Crippen LogP contribution in [0, 0.1) is 20.8 Å². The van der Waals surface area contributed by atoms with Crippen LogP contribution in [-0.2, 0) is 11.2 Å². The molecule has 27 heavy (non-hydrogen) atoms. The van der Waals surface area contributed by atoms with Crippen molar-refractivity contribution >= 4 is 23.4 Å². The summed E-state index contributed by atoms with van der Waals surface area (Å²) < 4.78 is 1.45. The molecule has 0 unspecified atom stereocenters. The van der Waals surface area contributed by atoms with Gasteiger partial charge in [0.1, 0.15) is 0 Å². The van der Waals surface area contributed by atoms with Gasteiger partial charge in [0.25, 0.3) is 0 Å². The van der Waals surface area contributed by atoms with Gasteiger partial charge in [-0.15, -0.1) is 10.2 Å². The van der Waals surface area contributed by atoms with Crippen LogP contribution in [0.3, 0.4) is 0 Å². The van der Waals surface area contributed by atoms with Crippen LogP contribution in [-0.4, -0.2) is 26.5 Å². The minimum atomic E-state index is -0.0948. The van der Waals surface area contributed by atoms with Gasteiger partial charge < -0.3 is 11.2 Å². The molecule has 3 rings (SSSR count). The minimum absolute atomic E-state index is 0.0948. The van der Waals surface area contributed by atoms with Crippen LogP contribution in [0.25, 0.3) is 0 Å². The first-order valence-corrected chi connectivity index (χ1v) is 9.66. The van der Waals surface area contributed by atoms with E-state index in [1.54, 1.807) is 0 Å². The Morgan fingerprint density at radius 1 is 1.11 bits per heavy atom. The summed E-state index contributed by atoms with van der Waals surface area (Å²) in [6.45, 7) is 6.03. The van der Waals surface area contributed by atoms with Crippen LogP contribution in [0.1, 0.15) is 28.1 Å². The number of aryl methyl sites for hydroxylation is 3. The molecule has 1 heterocycles. The van der Waals surface area contributed by atoms with E-state index in [2.05, 4.69) is 27.6 Å². The molecular weight excluding hydrogens is 358 g/mol. The third-order valence-electron chi connectivity index (χ3n) is 4.21. The van der Waals surface area contributed by atoms with Gasteiger partial charge in [0.05, 0.1) is 5.75 Å². The minimum Gasteiger partial charge on any atom is -0.336 e. The first-order valence-electron chi connectivity index (χ1n) is 8.68. The van der Waals surface area contributed by atoms with Gasteiger partial charge in [0, 0.05) is 12.1 Å². The van der Waals surface area contributed by atoms with E-state index in [0.717, 1.165) is 22.4 Å². The molecule has 0 aliphatic carbocycles. The van der Waals surface area contributed by atoms with Gasteiger partial charge in [-0.2, -0.15) is 0 Å². The summed E-state index contributed by atoms with van der Waals surface area (Å²) in [7, 11) is 0. The van der Waals surface area contributed by atoms with Crippen LogP contribution in [0.2, 0.25) is 0 Å². The van der Waals surface area contributed by atoms with E-state index in [4.69, 9.17) is 5.84 Å². The second-order valence-corrected chi connectivity index (χ2v) is 7.48. The molecule has 140 valence electrons. The van der Waals surface area contributed by atoms with Crippen LogP contribution in [0.5, 0.6) is 0 Å². The van der Waals surface area contributed by atoms with E-state index in [9.17, 15) is 4.79 Å². The molecule has 0 radical (unpaired) electrons. The van der Waals surface area contributed by atoms with Crippen molar-refractivity contribution in [2.75, 3.05) is 16.9 Å². The Morgan fingerprint density at radius 3 is 2.44 bits per heavy atom. The van der Waals surface area contributed by atoms with Crippen LogP contribution in [0.15, 0.2) is 47.6 Å². The molecule has 0 saturated heterocycles. The Hall–Kier alpha value is -2.80. The Kier molecular flexibility index (Phi) is 5.81. The molecule has 0 fully saturated rings. The fourth-order valence-electron chi connectivity index (χ4n) is 2.99.